The summed E-state index contributed by atoms with van der Waals surface area (Å²) in [4.78, 5) is 2.40. The molecule has 4 rings (SSSR count). The van der Waals surface area contributed by atoms with Crippen LogP contribution in [0.5, 0.6) is 0 Å². The summed E-state index contributed by atoms with van der Waals surface area (Å²) in [5.41, 5.74) is 0.870. The van der Waals surface area contributed by atoms with Gasteiger partial charge in [-0.05, 0) is 40.6 Å². The minimum Gasteiger partial charge on any atom is -0.379 e. The van der Waals surface area contributed by atoms with Crippen molar-refractivity contribution in [2.45, 2.75) is 10.9 Å². The van der Waals surface area contributed by atoms with Crippen LogP contribution in [-0.4, -0.2) is 46.2 Å². The first-order chi connectivity index (χ1) is 14.0. The zero-order valence-corrected chi connectivity index (χ0v) is 16.7. The number of sulfonamides is 1. The standard InChI is InChI=1S/C22H23FN2O3S/c23-20-8-5-18(6-9-20)22(25-11-13-28-14-12-25)16-24-29(26,27)21-10-7-17-3-1-2-4-19(17)15-21/h1-10,15,22,24H,11-14,16H2. The molecule has 1 heterocycles. The minimum absolute atomic E-state index is 0.195. The zero-order valence-electron chi connectivity index (χ0n) is 15.9. The molecule has 1 fully saturated rings. The van der Waals surface area contributed by atoms with Crippen molar-refractivity contribution in [1.82, 2.24) is 9.62 Å². The summed E-state index contributed by atoms with van der Waals surface area (Å²) in [5.74, 6) is -0.314. The predicted molar refractivity (Wildman–Crippen MR) is 111 cm³/mol. The van der Waals surface area contributed by atoms with Crippen LogP contribution in [0.2, 0.25) is 0 Å². The Morgan fingerprint density at radius 2 is 1.66 bits per heavy atom. The molecule has 7 heteroatoms. The number of nitrogens with one attached hydrogen (secondary N) is 1. The maximum atomic E-state index is 13.4. The van der Waals surface area contributed by atoms with Gasteiger partial charge in [-0.3, -0.25) is 4.90 Å². The maximum Gasteiger partial charge on any atom is 0.240 e. The first-order valence-electron chi connectivity index (χ1n) is 9.59. The molecule has 0 radical (unpaired) electrons. The number of fused-ring (bicyclic) bond motifs is 1. The lowest BCUT2D eigenvalue weighted by molar-refractivity contribution is 0.0172. The summed E-state index contributed by atoms with van der Waals surface area (Å²) in [5, 5.41) is 1.86. The van der Waals surface area contributed by atoms with Gasteiger partial charge in [0.05, 0.1) is 18.1 Å². The third kappa shape index (κ3) is 4.64. The van der Waals surface area contributed by atoms with E-state index in [-0.39, 0.29) is 23.3 Å². The van der Waals surface area contributed by atoms with Gasteiger partial charge >= 0.3 is 0 Å². The topological polar surface area (TPSA) is 58.6 Å². The fourth-order valence-corrected chi connectivity index (χ4v) is 4.71. The summed E-state index contributed by atoms with van der Waals surface area (Å²) in [7, 11) is -3.68. The van der Waals surface area contributed by atoms with E-state index in [1.54, 1.807) is 24.3 Å². The smallest absolute Gasteiger partial charge is 0.240 e. The molecule has 3 aromatic rings. The highest BCUT2D eigenvalue weighted by Gasteiger charge is 2.25. The monoisotopic (exact) mass is 414 g/mol. The van der Waals surface area contributed by atoms with E-state index in [0.29, 0.717) is 26.3 Å². The molecule has 0 spiro atoms. The highest BCUT2D eigenvalue weighted by molar-refractivity contribution is 7.89. The van der Waals surface area contributed by atoms with Crippen LogP contribution in [0.3, 0.4) is 0 Å². The molecule has 1 aliphatic rings. The second kappa shape index (κ2) is 8.59. The molecule has 0 aromatic heterocycles. The second-order valence-electron chi connectivity index (χ2n) is 7.08. The molecule has 1 aliphatic heterocycles. The molecule has 0 saturated carbocycles. The van der Waals surface area contributed by atoms with E-state index < -0.39 is 10.0 Å². The van der Waals surface area contributed by atoms with Crippen molar-refractivity contribution in [3.63, 3.8) is 0 Å². The SMILES string of the molecule is O=S(=O)(NCC(c1ccc(F)cc1)N1CCOCC1)c1ccc2ccccc2c1. The summed E-state index contributed by atoms with van der Waals surface area (Å²) in [6, 6.07) is 18.8. The van der Waals surface area contributed by atoms with Gasteiger partial charge in [0.25, 0.3) is 0 Å². The van der Waals surface area contributed by atoms with Gasteiger partial charge in [0.15, 0.2) is 0 Å². The number of hydrogen-bond acceptors (Lipinski definition) is 4. The Labute approximate surface area is 170 Å². The van der Waals surface area contributed by atoms with Crippen molar-refractivity contribution in [2.24, 2.45) is 0 Å². The van der Waals surface area contributed by atoms with Crippen molar-refractivity contribution in [2.75, 3.05) is 32.8 Å². The van der Waals surface area contributed by atoms with Crippen LogP contribution >= 0.6 is 0 Å². The number of rotatable bonds is 6. The van der Waals surface area contributed by atoms with Crippen molar-refractivity contribution in [1.29, 1.82) is 0 Å². The van der Waals surface area contributed by atoms with Crippen LogP contribution in [0.25, 0.3) is 10.8 Å². The first kappa shape index (κ1) is 20.0. The Morgan fingerprint density at radius 3 is 2.38 bits per heavy atom. The average molecular weight is 415 g/mol. The van der Waals surface area contributed by atoms with Gasteiger partial charge in [-0.15, -0.1) is 0 Å². The minimum atomic E-state index is -3.68. The highest BCUT2D eigenvalue weighted by Crippen LogP contribution is 2.23. The van der Waals surface area contributed by atoms with Gasteiger partial charge in [0.1, 0.15) is 5.82 Å². The van der Waals surface area contributed by atoms with Crippen LogP contribution in [0.4, 0.5) is 4.39 Å². The summed E-state index contributed by atoms with van der Waals surface area (Å²) in [6.45, 7) is 2.77. The van der Waals surface area contributed by atoms with E-state index in [0.717, 1.165) is 16.3 Å². The number of nitrogens with zero attached hydrogens (tertiary/aromatic N) is 1. The van der Waals surface area contributed by atoms with Gasteiger partial charge in [-0.1, -0.05) is 42.5 Å². The highest BCUT2D eigenvalue weighted by atomic mass is 32.2. The molecule has 1 saturated heterocycles. The van der Waals surface area contributed by atoms with Crippen LogP contribution in [0.15, 0.2) is 71.6 Å². The molecule has 3 aromatic carbocycles. The van der Waals surface area contributed by atoms with E-state index in [1.807, 2.05) is 30.3 Å². The molecule has 1 atom stereocenters. The molecule has 0 bridgehead atoms. The Hall–Kier alpha value is -2.32. The van der Waals surface area contributed by atoms with Gasteiger partial charge in [0, 0.05) is 25.7 Å². The third-order valence-electron chi connectivity index (χ3n) is 5.24. The quantitative estimate of drug-likeness (QED) is 0.672. The molecule has 152 valence electrons. The Morgan fingerprint density at radius 1 is 0.966 bits per heavy atom. The number of ether oxygens (including phenoxy) is 1. The van der Waals surface area contributed by atoms with Crippen LogP contribution in [-0.2, 0) is 14.8 Å². The number of hydrogen-bond donors (Lipinski definition) is 1. The third-order valence-corrected chi connectivity index (χ3v) is 6.66. The van der Waals surface area contributed by atoms with Crippen molar-refractivity contribution in [3.05, 3.63) is 78.1 Å². The van der Waals surface area contributed by atoms with Gasteiger partial charge < -0.3 is 4.74 Å². The molecule has 5 nitrogen and oxygen atoms in total. The summed E-state index contributed by atoms with van der Waals surface area (Å²) >= 11 is 0. The normalized spacial score (nSPS) is 16.7. The predicted octanol–water partition coefficient (Wildman–Crippen LogP) is 3.33. The van der Waals surface area contributed by atoms with Gasteiger partial charge in [-0.2, -0.15) is 0 Å². The molecule has 1 N–H and O–H groups in total. The fraction of sp³-hybridized carbons (Fsp3) is 0.273. The second-order valence-corrected chi connectivity index (χ2v) is 8.84. The zero-order chi connectivity index (χ0) is 20.3. The largest absolute Gasteiger partial charge is 0.379 e. The van der Waals surface area contributed by atoms with E-state index in [1.165, 1.54) is 12.1 Å². The van der Waals surface area contributed by atoms with E-state index in [2.05, 4.69) is 9.62 Å². The molecular formula is C22H23FN2O3S. The molecule has 0 aliphatic carbocycles. The fourth-order valence-electron chi connectivity index (χ4n) is 3.64. The van der Waals surface area contributed by atoms with E-state index in [4.69, 9.17) is 4.74 Å². The Balaban J connectivity index is 1.57. The Bertz CT molecular complexity index is 1080. The van der Waals surface area contributed by atoms with Crippen LogP contribution in [0.1, 0.15) is 11.6 Å². The van der Waals surface area contributed by atoms with Crippen molar-refractivity contribution < 1.29 is 17.5 Å². The van der Waals surface area contributed by atoms with Crippen LogP contribution in [0, 0.1) is 5.82 Å². The van der Waals surface area contributed by atoms with Gasteiger partial charge in [-0.25, -0.2) is 17.5 Å². The molecule has 29 heavy (non-hydrogen) atoms. The lowest BCUT2D eigenvalue weighted by Crippen LogP contribution is -2.43. The number of morpholine rings is 1. The number of benzene rings is 3. The average Bonchev–Trinajstić information content (AvgIpc) is 2.75. The van der Waals surface area contributed by atoms with Gasteiger partial charge in [0.2, 0.25) is 10.0 Å². The number of halogens is 1. The van der Waals surface area contributed by atoms with Crippen molar-refractivity contribution in [3.8, 4) is 0 Å². The Kier molecular flexibility index (Phi) is 5.91. The first-order valence-corrected chi connectivity index (χ1v) is 11.1. The molecule has 1 unspecified atom stereocenters. The van der Waals surface area contributed by atoms with E-state index in [9.17, 15) is 12.8 Å². The van der Waals surface area contributed by atoms with Crippen LogP contribution < -0.4 is 4.72 Å². The summed E-state index contributed by atoms with van der Waals surface area (Å²) in [6.07, 6.45) is 0. The molecule has 0 amide bonds. The van der Waals surface area contributed by atoms with Crippen molar-refractivity contribution >= 4 is 20.8 Å². The summed E-state index contributed by atoms with van der Waals surface area (Å²) < 4.78 is 47.4. The maximum absolute atomic E-state index is 13.4. The van der Waals surface area contributed by atoms with E-state index >= 15 is 0 Å². The lowest BCUT2D eigenvalue weighted by atomic mass is 10.0. The lowest BCUT2D eigenvalue weighted by Gasteiger charge is -2.34. The molecular weight excluding hydrogens is 391 g/mol.